The summed E-state index contributed by atoms with van der Waals surface area (Å²) in [5, 5.41) is 0. The molecule has 0 saturated carbocycles. The van der Waals surface area contributed by atoms with Crippen molar-refractivity contribution in [3.63, 3.8) is 0 Å². The molecule has 1 heterocycles. The summed E-state index contributed by atoms with van der Waals surface area (Å²) in [5.74, 6) is 0. The molecule has 1 aromatic heterocycles. The second-order valence-electron chi connectivity index (χ2n) is 3.31. The Morgan fingerprint density at radius 2 is 1.50 bits per heavy atom. The van der Waals surface area contributed by atoms with Crippen molar-refractivity contribution in [2.45, 2.75) is 60.9 Å². The summed E-state index contributed by atoms with van der Waals surface area (Å²) >= 11 is 0. The molecule has 0 radical (unpaired) electrons. The van der Waals surface area contributed by atoms with Crippen LogP contribution in [0.2, 0.25) is 0 Å². The molecule has 0 aromatic carbocycles. The van der Waals surface area contributed by atoms with Gasteiger partial charge >= 0.3 is 0 Å². The standard InChI is InChI=1S/C9H17N3.3C2H6/c1-11(2)6-3-4-7-12-8-5-10-9-12;3*1-2/h5,8-9H,3-4,6-7H2,1-2H3;3*1-2H3. The van der Waals surface area contributed by atoms with Gasteiger partial charge in [0, 0.05) is 18.9 Å². The summed E-state index contributed by atoms with van der Waals surface area (Å²) < 4.78 is 2.12. The van der Waals surface area contributed by atoms with Gasteiger partial charge in [0.05, 0.1) is 6.33 Å². The maximum Gasteiger partial charge on any atom is 0.0945 e. The van der Waals surface area contributed by atoms with E-state index in [9.17, 15) is 0 Å². The Morgan fingerprint density at radius 1 is 0.944 bits per heavy atom. The fourth-order valence-electron chi connectivity index (χ4n) is 1.14. The molecule has 1 aromatic rings. The molecule has 0 spiro atoms. The molecule has 0 aliphatic carbocycles. The van der Waals surface area contributed by atoms with Crippen molar-refractivity contribution in [3.8, 4) is 0 Å². The van der Waals surface area contributed by atoms with Crippen molar-refractivity contribution in [1.82, 2.24) is 14.5 Å². The van der Waals surface area contributed by atoms with E-state index in [0.717, 1.165) is 6.54 Å². The Kier molecular flexibility index (Phi) is 26.6. The first-order valence-corrected chi connectivity index (χ1v) is 7.39. The molecule has 0 aliphatic rings. The number of aromatic nitrogens is 2. The van der Waals surface area contributed by atoms with Gasteiger partial charge in [0.15, 0.2) is 0 Å². The molecule has 0 saturated heterocycles. The summed E-state index contributed by atoms with van der Waals surface area (Å²) in [6.45, 7) is 14.3. The average Bonchev–Trinajstić information content (AvgIpc) is 2.95. The van der Waals surface area contributed by atoms with Crippen molar-refractivity contribution in [2.24, 2.45) is 0 Å². The van der Waals surface area contributed by atoms with Crippen LogP contribution in [0, 0.1) is 0 Å². The predicted octanol–water partition coefficient (Wildman–Crippen LogP) is 4.30. The molecule has 110 valence electrons. The van der Waals surface area contributed by atoms with Crippen molar-refractivity contribution in [2.75, 3.05) is 20.6 Å². The lowest BCUT2D eigenvalue weighted by Gasteiger charge is -2.08. The SMILES string of the molecule is CC.CC.CC.CN(C)CCCCn1ccnc1. The Labute approximate surface area is 115 Å². The number of imidazole rings is 1. The molecule has 3 heteroatoms. The van der Waals surface area contributed by atoms with E-state index in [0.29, 0.717) is 0 Å². The topological polar surface area (TPSA) is 21.1 Å². The van der Waals surface area contributed by atoms with Crippen LogP contribution < -0.4 is 0 Å². The third-order valence-electron chi connectivity index (χ3n) is 1.83. The maximum absolute atomic E-state index is 3.99. The first-order chi connectivity index (χ1) is 8.79. The Bertz CT molecular complexity index is 194. The summed E-state index contributed by atoms with van der Waals surface area (Å²) in [5.41, 5.74) is 0. The highest BCUT2D eigenvalue weighted by molar-refractivity contribution is 4.73. The molecule has 0 bridgehead atoms. The Hall–Kier alpha value is -0.830. The second-order valence-corrected chi connectivity index (χ2v) is 3.31. The number of rotatable bonds is 5. The minimum atomic E-state index is 1.09. The van der Waals surface area contributed by atoms with Gasteiger partial charge < -0.3 is 9.47 Å². The molecule has 0 atom stereocenters. The molecule has 3 nitrogen and oxygen atoms in total. The van der Waals surface area contributed by atoms with Gasteiger partial charge in [-0.15, -0.1) is 0 Å². The summed E-state index contributed by atoms with van der Waals surface area (Å²) in [6.07, 6.45) is 8.19. The van der Waals surface area contributed by atoms with Crippen LogP contribution >= 0.6 is 0 Å². The minimum absolute atomic E-state index is 1.09. The molecule has 0 amide bonds. The zero-order valence-corrected chi connectivity index (χ0v) is 13.9. The van der Waals surface area contributed by atoms with E-state index in [1.54, 1.807) is 0 Å². The minimum Gasteiger partial charge on any atom is -0.337 e. The molecular formula is C15H35N3. The maximum atomic E-state index is 3.99. The third-order valence-corrected chi connectivity index (χ3v) is 1.83. The van der Waals surface area contributed by atoms with Crippen LogP contribution in [0.3, 0.4) is 0 Å². The number of hydrogen-bond donors (Lipinski definition) is 0. The summed E-state index contributed by atoms with van der Waals surface area (Å²) in [4.78, 5) is 6.20. The number of hydrogen-bond acceptors (Lipinski definition) is 2. The number of aryl methyl sites for hydroxylation is 1. The first-order valence-electron chi connectivity index (χ1n) is 7.39. The first kappa shape index (κ1) is 22.4. The van der Waals surface area contributed by atoms with Crippen molar-refractivity contribution in [3.05, 3.63) is 18.7 Å². The highest BCUT2D eigenvalue weighted by Gasteiger charge is 1.92. The largest absolute Gasteiger partial charge is 0.337 e. The fourth-order valence-corrected chi connectivity index (χ4v) is 1.14. The quantitative estimate of drug-likeness (QED) is 0.733. The smallest absolute Gasteiger partial charge is 0.0945 e. The lowest BCUT2D eigenvalue weighted by Crippen LogP contribution is -2.13. The van der Waals surface area contributed by atoms with Gasteiger partial charge in [-0.25, -0.2) is 4.98 Å². The molecule has 1 rings (SSSR count). The molecule has 0 unspecified atom stereocenters. The molecule has 0 fully saturated rings. The fraction of sp³-hybridized carbons (Fsp3) is 0.800. The van der Waals surface area contributed by atoms with E-state index in [-0.39, 0.29) is 0 Å². The Morgan fingerprint density at radius 3 is 1.89 bits per heavy atom. The van der Waals surface area contributed by atoms with E-state index in [1.165, 1.54) is 19.4 Å². The van der Waals surface area contributed by atoms with Crippen LogP contribution in [-0.4, -0.2) is 35.1 Å². The second kappa shape index (κ2) is 21.5. The van der Waals surface area contributed by atoms with Crippen LogP contribution in [0.1, 0.15) is 54.4 Å². The van der Waals surface area contributed by atoms with Gasteiger partial charge in [-0.05, 0) is 33.5 Å². The van der Waals surface area contributed by atoms with Crippen molar-refractivity contribution >= 4 is 0 Å². The van der Waals surface area contributed by atoms with Crippen LogP contribution in [0.4, 0.5) is 0 Å². The summed E-state index contributed by atoms with van der Waals surface area (Å²) in [7, 11) is 4.22. The molecule has 0 aliphatic heterocycles. The van der Waals surface area contributed by atoms with Crippen LogP contribution in [0.15, 0.2) is 18.7 Å². The van der Waals surface area contributed by atoms with E-state index in [2.05, 4.69) is 28.5 Å². The number of unbranched alkanes of at least 4 members (excludes halogenated alkanes) is 1. The van der Waals surface area contributed by atoms with Gasteiger partial charge in [0.25, 0.3) is 0 Å². The van der Waals surface area contributed by atoms with Crippen molar-refractivity contribution in [1.29, 1.82) is 0 Å². The third kappa shape index (κ3) is 17.6. The zero-order chi connectivity index (χ0) is 14.8. The lowest BCUT2D eigenvalue weighted by atomic mass is 10.3. The van der Waals surface area contributed by atoms with E-state index in [4.69, 9.17) is 0 Å². The van der Waals surface area contributed by atoms with E-state index >= 15 is 0 Å². The molecular weight excluding hydrogens is 222 g/mol. The van der Waals surface area contributed by atoms with E-state index < -0.39 is 0 Å². The van der Waals surface area contributed by atoms with Crippen LogP contribution in [0.5, 0.6) is 0 Å². The zero-order valence-electron chi connectivity index (χ0n) is 13.9. The molecule has 18 heavy (non-hydrogen) atoms. The van der Waals surface area contributed by atoms with Gasteiger partial charge in [-0.2, -0.15) is 0 Å². The van der Waals surface area contributed by atoms with Gasteiger partial charge in [0.2, 0.25) is 0 Å². The normalized spacial score (nSPS) is 8.28. The van der Waals surface area contributed by atoms with Crippen LogP contribution in [-0.2, 0) is 6.54 Å². The Balaban J connectivity index is -0.000000328. The van der Waals surface area contributed by atoms with E-state index in [1.807, 2.05) is 60.3 Å². The summed E-state index contributed by atoms with van der Waals surface area (Å²) in [6, 6.07) is 0. The molecule has 0 N–H and O–H groups in total. The lowest BCUT2D eigenvalue weighted by molar-refractivity contribution is 0.387. The number of nitrogens with zero attached hydrogens (tertiary/aromatic N) is 3. The predicted molar refractivity (Wildman–Crippen MR) is 84.1 cm³/mol. The van der Waals surface area contributed by atoms with Gasteiger partial charge in [-0.1, -0.05) is 41.5 Å². The van der Waals surface area contributed by atoms with Crippen molar-refractivity contribution < 1.29 is 0 Å². The van der Waals surface area contributed by atoms with Gasteiger partial charge in [-0.3, -0.25) is 0 Å². The highest BCUT2D eigenvalue weighted by Crippen LogP contribution is 1.95. The monoisotopic (exact) mass is 257 g/mol. The highest BCUT2D eigenvalue weighted by atomic mass is 15.0. The average molecular weight is 257 g/mol. The van der Waals surface area contributed by atoms with Crippen LogP contribution in [0.25, 0.3) is 0 Å². The van der Waals surface area contributed by atoms with Gasteiger partial charge in [0.1, 0.15) is 0 Å².